The molecule has 2 rings (SSSR count). The van der Waals surface area contributed by atoms with E-state index in [1.807, 2.05) is 0 Å². The summed E-state index contributed by atoms with van der Waals surface area (Å²) in [5.74, 6) is 1.87. The molecule has 1 atom stereocenters. The summed E-state index contributed by atoms with van der Waals surface area (Å²) in [6.07, 6.45) is 0.781. The molecule has 0 bridgehead atoms. The smallest absolute Gasteiger partial charge is 0.125 e. The molecule has 0 saturated carbocycles. The predicted molar refractivity (Wildman–Crippen MR) is 70.4 cm³/mol. The van der Waals surface area contributed by atoms with Gasteiger partial charge in [-0.05, 0) is 30.7 Å². The minimum Gasteiger partial charge on any atom is -0.497 e. The van der Waals surface area contributed by atoms with Crippen LogP contribution in [0.5, 0.6) is 11.5 Å². The summed E-state index contributed by atoms with van der Waals surface area (Å²) in [7, 11) is 3.14. The highest BCUT2D eigenvalue weighted by molar-refractivity contribution is 5.41. The van der Waals surface area contributed by atoms with E-state index in [2.05, 4.69) is 9.97 Å². The standard InChI is InChI=1S/C14H16N2O3/c1-9-15-5-4-13(16-9)14(17)10-6-11(18-2)8-12(7-10)19-3/h4-8,14,17H,1-3H3. The number of hydrogen-bond acceptors (Lipinski definition) is 5. The monoisotopic (exact) mass is 260 g/mol. The topological polar surface area (TPSA) is 64.5 Å². The van der Waals surface area contributed by atoms with Gasteiger partial charge in [-0.1, -0.05) is 0 Å². The summed E-state index contributed by atoms with van der Waals surface area (Å²) in [5.41, 5.74) is 1.21. The second-order valence-electron chi connectivity index (χ2n) is 4.08. The molecular formula is C14H16N2O3. The number of hydrogen-bond donors (Lipinski definition) is 1. The Morgan fingerprint density at radius 3 is 2.26 bits per heavy atom. The number of methoxy groups -OCH3 is 2. The molecule has 1 unspecified atom stereocenters. The summed E-state index contributed by atoms with van der Waals surface area (Å²) in [6, 6.07) is 6.94. The first-order valence-electron chi connectivity index (χ1n) is 5.84. The number of aliphatic hydroxyl groups is 1. The molecule has 1 aromatic carbocycles. The fourth-order valence-electron chi connectivity index (χ4n) is 1.78. The minimum atomic E-state index is -0.842. The van der Waals surface area contributed by atoms with E-state index < -0.39 is 6.10 Å². The molecule has 0 fully saturated rings. The molecule has 1 aromatic heterocycles. The Balaban J connectivity index is 2.40. The molecule has 0 spiro atoms. The first-order valence-corrected chi connectivity index (χ1v) is 5.84. The fraction of sp³-hybridized carbons (Fsp3) is 0.286. The Labute approximate surface area is 111 Å². The minimum absolute atomic E-state index is 0.544. The number of aliphatic hydroxyl groups excluding tert-OH is 1. The maximum atomic E-state index is 10.4. The van der Waals surface area contributed by atoms with Crippen LogP contribution in [0.2, 0.25) is 0 Å². The van der Waals surface area contributed by atoms with Crippen LogP contribution in [0.3, 0.4) is 0 Å². The van der Waals surface area contributed by atoms with E-state index in [0.29, 0.717) is 28.6 Å². The van der Waals surface area contributed by atoms with Crippen molar-refractivity contribution >= 4 is 0 Å². The largest absolute Gasteiger partial charge is 0.497 e. The molecule has 0 radical (unpaired) electrons. The van der Waals surface area contributed by atoms with Gasteiger partial charge in [-0.2, -0.15) is 0 Å². The normalized spacial score (nSPS) is 12.0. The highest BCUT2D eigenvalue weighted by Crippen LogP contribution is 2.29. The molecular weight excluding hydrogens is 244 g/mol. The Kier molecular flexibility index (Phi) is 3.97. The lowest BCUT2D eigenvalue weighted by Crippen LogP contribution is -2.05. The van der Waals surface area contributed by atoms with Crippen LogP contribution in [0.4, 0.5) is 0 Å². The fourth-order valence-corrected chi connectivity index (χ4v) is 1.78. The first-order chi connectivity index (χ1) is 9.13. The van der Waals surface area contributed by atoms with Crippen molar-refractivity contribution in [2.24, 2.45) is 0 Å². The zero-order valence-electron chi connectivity index (χ0n) is 11.1. The quantitative estimate of drug-likeness (QED) is 0.909. The lowest BCUT2D eigenvalue weighted by Gasteiger charge is -2.13. The van der Waals surface area contributed by atoms with Crippen LogP contribution >= 0.6 is 0 Å². The van der Waals surface area contributed by atoms with Crippen LogP contribution in [0.15, 0.2) is 30.5 Å². The number of benzene rings is 1. The van der Waals surface area contributed by atoms with Gasteiger partial charge in [0, 0.05) is 12.3 Å². The van der Waals surface area contributed by atoms with Crippen molar-refractivity contribution in [3.63, 3.8) is 0 Å². The maximum Gasteiger partial charge on any atom is 0.125 e. The molecule has 0 saturated heterocycles. The van der Waals surface area contributed by atoms with Crippen LogP contribution < -0.4 is 9.47 Å². The van der Waals surface area contributed by atoms with Crippen molar-refractivity contribution in [2.75, 3.05) is 14.2 Å². The third kappa shape index (κ3) is 3.00. The van der Waals surface area contributed by atoms with Gasteiger partial charge in [0.25, 0.3) is 0 Å². The second-order valence-corrected chi connectivity index (χ2v) is 4.08. The van der Waals surface area contributed by atoms with Crippen molar-refractivity contribution in [3.05, 3.63) is 47.5 Å². The van der Waals surface area contributed by atoms with Crippen LogP contribution in [-0.4, -0.2) is 29.3 Å². The van der Waals surface area contributed by atoms with Crippen LogP contribution in [0, 0.1) is 6.92 Å². The number of ether oxygens (including phenoxy) is 2. The molecule has 5 nitrogen and oxygen atoms in total. The average Bonchev–Trinajstić information content (AvgIpc) is 2.45. The summed E-state index contributed by atoms with van der Waals surface area (Å²) in [4.78, 5) is 8.23. The highest BCUT2D eigenvalue weighted by atomic mass is 16.5. The Hall–Kier alpha value is -2.14. The number of nitrogens with zero attached hydrogens (tertiary/aromatic N) is 2. The molecule has 2 aromatic rings. The molecule has 0 aliphatic carbocycles. The van der Waals surface area contributed by atoms with Crippen LogP contribution in [0.1, 0.15) is 23.2 Å². The van der Waals surface area contributed by atoms with E-state index in [0.717, 1.165) is 0 Å². The molecule has 100 valence electrons. The third-order valence-corrected chi connectivity index (χ3v) is 2.77. The Morgan fingerprint density at radius 1 is 1.11 bits per heavy atom. The number of rotatable bonds is 4. The average molecular weight is 260 g/mol. The lowest BCUT2D eigenvalue weighted by molar-refractivity contribution is 0.213. The van der Waals surface area contributed by atoms with Gasteiger partial charge < -0.3 is 14.6 Å². The predicted octanol–water partition coefficient (Wildman–Crippen LogP) is 1.88. The van der Waals surface area contributed by atoms with Gasteiger partial charge in [-0.15, -0.1) is 0 Å². The third-order valence-electron chi connectivity index (χ3n) is 2.77. The van der Waals surface area contributed by atoms with Crippen LogP contribution in [-0.2, 0) is 0 Å². The Morgan fingerprint density at radius 2 is 1.74 bits per heavy atom. The highest BCUT2D eigenvalue weighted by Gasteiger charge is 2.14. The second kappa shape index (κ2) is 5.67. The van der Waals surface area contributed by atoms with Gasteiger partial charge >= 0.3 is 0 Å². The van der Waals surface area contributed by atoms with Gasteiger partial charge in [0.1, 0.15) is 23.4 Å². The van der Waals surface area contributed by atoms with E-state index >= 15 is 0 Å². The van der Waals surface area contributed by atoms with Crippen LogP contribution in [0.25, 0.3) is 0 Å². The SMILES string of the molecule is COc1cc(OC)cc(C(O)c2ccnc(C)n2)c1. The van der Waals surface area contributed by atoms with Gasteiger partial charge in [-0.3, -0.25) is 0 Å². The Bertz CT molecular complexity index is 550. The van der Waals surface area contributed by atoms with E-state index in [1.54, 1.807) is 51.6 Å². The lowest BCUT2D eigenvalue weighted by atomic mass is 10.1. The van der Waals surface area contributed by atoms with E-state index in [1.165, 1.54) is 0 Å². The van der Waals surface area contributed by atoms with Crippen molar-refractivity contribution in [1.29, 1.82) is 0 Å². The molecule has 5 heteroatoms. The number of aromatic nitrogens is 2. The summed E-state index contributed by atoms with van der Waals surface area (Å²) >= 11 is 0. The molecule has 1 N–H and O–H groups in total. The summed E-state index contributed by atoms with van der Waals surface area (Å²) < 4.78 is 10.4. The molecule has 0 aliphatic heterocycles. The van der Waals surface area contributed by atoms with Crippen molar-refractivity contribution in [3.8, 4) is 11.5 Å². The molecule has 0 amide bonds. The molecule has 19 heavy (non-hydrogen) atoms. The molecule has 1 heterocycles. The van der Waals surface area contributed by atoms with Gasteiger partial charge in [0.15, 0.2) is 0 Å². The van der Waals surface area contributed by atoms with Gasteiger partial charge in [0.2, 0.25) is 0 Å². The molecule has 0 aliphatic rings. The zero-order valence-corrected chi connectivity index (χ0v) is 11.1. The summed E-state index contributed by atoms with van der Waals surface area (Å²) in [5, 5.41) is 10.4. The van der Waals surface area contributed by atoms with Gasteiger partial charge in [-0.25, -0.2) is 9.97 Å². The van der Waals surface area contributed by atoms with E-state index in [-0.39, 0.29) is 0 Å². The zero-order chi connectivity index (χ0) is 13.8. The maximum absolute atomic E-state index is 10.4. The van der Waals surface area contributed by atoms with Crippen molar-refractivity contribution in [1.82, 2.24) is 9.97 Å². The van der Waals surface area contributed by atoms with Crippen molar-refractivity contribution < 1.29 is 14.6 Å². The van der Waals surface area contributed by atoms with Gasteiger partial charge in [0.05, 0.1) is 19.9 Å². The van der Waals surface area contributed by atoms with Crippen molar-refractivity contribution in [2.45, 2.75) is 13.0 Å². The summed E-state index contributed by atoms with van der Waals surface area (Å²) in [6.45, 7) is 1.78. The van der Waals surface area contributed by atoms with E-state index in [9.17, 15) is 5.11 Å². The first kappa shape index (κ1) is 13.3. The number of aryl methyl sites for hydroxylation is 1. The van der Waals surface area contributed by atoms with E-state index in [4.69, 9.17) is 9.47 Å².